The van der Waals surface area contributed by atoms with E-state index in [1.165, 1.54) is 121 Å². The average molecular weight is 1170 g/mol. The summed E-state index contributed by atoms with van der Waals surface area (Å²) in [4.78, 5) is 4.81. The highest BCUT2D eigenvalue weighted by molar-refractivity contribution is 6.27. The lowest BCUT2D eigenvalue weighted by Gasteiger charge is -2.35. The molecule has 0 N–H and O–H groups in total. The molecule has 2 aliphatic rings. The Morgan fingerprint density at radius 3 is 0.826 bits per heavy atom. The van der Waals surface area contributed by atoms with Crippen LogP contribution in [0.2, 0.25) is 0 Å². The topological polar surface area (TPSA) is 6.48 Å². The summed E-state index contributed by atoms with van der Waals surface area (Å²) in [5.41, 5.74) is 25.6. The van der Waals surface area contributed by atoms with Crippen molar-refractivity contribution in [3.8, 4) is 44.5 Å². The number of para-hydroxylation sites is 2. The van der Waals surface area contributed by atoms with Crippen LogP contribution in [0.25, 0.3) is 76.8 Å². The normalized spacial score (nSPS) is 13.2. The number of benzene rings is 16. The number of nitrogens with zero attached hydrogens (tertiary/aromatic N) is 2. The van der Waals surface area contributed by atoms with E-state index in [2.05, 4.69) is 374 Å². The van der Waals surface area contributed by atoms with Gasteiger partial charge in [0.25, 0.3) is 0 Å². The summed E-state index contributed by atoms with van der Waals surface area (Å²) in [6, 6.07) is 135. The monoisotopic (exact) mass is 1170 g/mol. The van der Waals surface area contributed by atoms with Crippen molar-refractivity contribution in [3.05, 3.63) is 408 Å². The van der Waals surface area contributed by atoms with E-state index in [-0.39, 0.29) is 0 Å². The lowest BCUT2D eigenvalue weighted by molar-refractivity contribution is 0.768. The Morgan fingerprint density at radius 2 is 0.467 bits per heavy atom. The SMILES string of the molecule is c1ccc(N(c2ccc(-c3ccc4ccc5c(-c6ccc(N(c7ccccc7)c7cccc(C8(c9ccccc9)c9ccccc9-c9ccccc98)c7)cc6)ccc6ccc3c4c65)cc2)c2cccc(C3(c4ccccc4)c4ccccc4-c4ccccc43)c2)cc1. The van der Waals surface area contributed by atoms with E-state index in [1.54, 1.807) is 0 Å². The van der Waals surface area contributed by atoms with Gasteiger partial charge in [-0.3, -0.25) is 0 Å². The van der Waals surface area contributed by atoms with E-state index >= 15 is 0 Å². The van der Waals surface area contributed by atoms with Crippen LogP contribution >= 0.6 is 0 Å². The maximum atomic E-state index is 2.42. The van der Waals surface area contributed by atoms with Gasteiger partial charge in [-0.1, -0.05) is 291 Å². The van der Waals surface area contributed by atoms with E-state index < -0.39 is 10.8 Å². The average Bonchev–Trinajstić information content (AvgIpc) is 1.43. The van der Waals surface area contributed by atoms with Crippen molar-refractivity contribution < 1.29 is 0 Å². The van der Waals surface area contributed by atoms with Gasteiger partial charge in [0, 0.05) is 34.1 Å². The fourth-order valence-corrected chi connectivity index (χ4v) is 16.1. The number of rotatable bonds is 12. The Kier molecular flexibility index (Phi) is 12.4. The maximum absolute atomic E-state index is 2.42. The number of hydrogen-bond acceptors (Lipinski definition) is 2. The molecule has 430 valence electrons. The van der Waals surface area contributed by atoms with Gasteiger partial charge in [0.05, 0.1) is 10.8 Å². The zero-order chi connectivity index (χ0) is 60.7. The van der Waals surface area contributed by atoms with E-state index in [0.717, 1.165) is 34.1 Å². The number of anilines is 6. The molecule has 0 heterocycles. The second-order valence-electron chi connectivity index (χ2n) is 24.6. The van der Waals surface area contributed by atoms with Crippen LogP contribution in [-0.2, 0) is 10.8 Å². The summed E-state index contributed by atoms with van der Waals surface area (Å²) in [7, 11) is 0. The molecule has 0 aromatic heterocycles. The third-order valence-electron chi connectivity index (χ3n) is 20.0. The van der Waals surface area contributed by atoms with Crippen LogP contribution in [0.5, 0.6) is 0 Å². The summed E-state index contributed by atoms with van der Waals surface area (Å²) in [5.74, 6) is 0. The van der Waals surface area contributed by atoms with Crippen molar-refractivity contribution in [3.63, 3.8) is 0 Å². The molecule has 2 heteroatoms. The second kappa shape index (κ2) is 21.4. The van der Waals surface area contributed by atoms with Crippen LogP contribution in [0.1, 0.15) is 44.5 Å². The fourth-order valence-electron chi connectivity index (χ4n) is 16.1. The molecular weight excluding hydrogens is 1110 g/mol. The summed E-state index contributed by atoms with van der Waals surface area (Å²) in [5, 5.41) is 7.55. The minimum Gasteiger partial charge on any atom is -0.310 e. The van der Waals surface area contributed by atoms with Gasteiger partial charge in [-0.25, -0.2) is 0 Å². The van der Waals surface area contributed by atoms with Crippen LogP contribution in [0.4, 0.5) is 34.1 Å². The molecule has 18 rings (SSSR count). The Morgan fingerprint density at radius 1 is 0.185 bits per heavy atom. The molecule has 16 aromatic rings. The molecule has 0 saturated heterocycles. The first-order valence-electron chi connectivity index (χ1n) is 32.0. The summed E-state index contributed by atoms with van der Waals surface area (Å²) < 4.78 is 0. The van der Waals surface area contributed by atoms with Crippen LogP contribution in [0, 0.1) is 0 Å². The van der Waals surface area contributed by atoms with Gasteiger partial charge >= 0.3 is 0 Å². The van der Waals surface area contributed by atoms with Gasteiger partial charge in [-0.05, 0) is 194 Å². The molecule has 92 heavy (non-hydrogen) atoms. The lowest BCUT2D eigenvalue weighted by Crippen LogP contribution is -2.28. The molecule has 0 fully saturated rings. The van der Waals surface area contributed by atoms with Crippen molar-refractivity contribution >= 4 is 66.4 Å². The van der Waals surface area contributed by atoms with E-state index in [0.29, 0.717) is 0 Å². The molecule has 0 amide bonds. The van der Waals surface area contributed by atoms with Gasteiger partial charge in [-0.15, -0.1) is 0 Å². The molecule has 16 aromatic carbocycles. The van der Waals surface area contributed by atoms with Crippen LogP contribution in [0.3, 0.4) is 0 Å². The Bertz CT molecular complexity index is 5010. The van der Waals surface area contributed by atoms with Crippen molar-refractivity contribution in [1.82, 2.24) is 0 Å². The Balaban J connectivity index is 0.708. The van der Waals surface area contributed by atoms with E-state index in [9.17, 15) is 0 Å². The predicted molar refractivity (Wildman–Crippen MR) is 385 cm³/mol. The first kappa shape index (κ1) is 53.2. The molecule has 2 aliphatic carbocycles. The van der Waals surface area contributed by atoms with Crippen molar-refractivity contribution in [2.24, 2.45) is 0 Å². The fraction of sp³-hybridized carbons (Fsp3) is 0.0222. The summed E-state index contributed by atoms with van der Waals surface area (Å²) in [6.07, 6.45) is 0. The van der Waals surface area contributed by atoms with Crippen LogP contribution < -0.4 is 9.80 Å². The first-order chi connectivity index (χ1) is 45.6. The van der Waals surface area contributed by atoms with Crippen molar-refractivity contribution in [2.75, 3.05) is 9.80 Å². The van der Waals surface area contributed by atoms with Gasteiger partial charge in [-0.2, -0.15) is 0 Å². The number of hydrogen-bond donors (Lipinski definition) is 0. The first-order valence-corrected chi connectivity index (χ1v) is 32.0. The highest BCUT2D eigenvalue weighted by Crippen LogP contribution is 2.59. The third kappa shape index (κ3) is 8.07. The van der Waals surface area contributed by atoms with Crippen LogP contribution in [-0.4, -0.2) is 0 Å². The third-order valence-corrected chi connectivity index (χ3v) is 20.0. The highest BCUT2D eigenvalue weighted by Gasteiger charge is 2.47. The largest absolute Gasteiger partial charge is 0.310 e. The molecule has 0 radical (unpaired) electrons. The minimum absolute atomic E-state index is 0.512. The zero-order valence-electron chi connectivity index (χ0n) is 50.5. The molecule has 0 saturated carbocycles. The van der Waals surface area contributed by atoms with Crippen molar-refractivity contribution in [1.29, 1.82) is 0 Å². The smallest absolute Gasteiger partial charge is 0.0714 e. The lowest BCUT2D eigenvalue weighted by atomic mass is 9.67. The molecule has 0 unspecified atom stereocenters. The van der Waals surface area contributed by atoms with Crippen molar-refractivity contribution in [2.45, 2.75) is 10.8 Å². The highest BCUT2D eigenvalue weighted by atomic mass is 15.1. The summed E-state index contributed by atoms with van der Waals surface area (Å²) >= 11 is 0. The molecule has 0 bridgehead atoms. The standard InChI is InChI=1S/C90H60N2/c1-5-23-65(24-6-1)89(83-39-17-13-35-77(83)78-36-14-18-40-84(78)89)67-27-21-33-73(59-67)91(69-29-9-3-10-30-69)71-51-43-61(44-52-71)75-55-47-63-50-58-82-76(56-48-64-49-57-81(75)87(63)88(64)82)62-45-53-72(54-46-62)92(70-31-11-4-12-32-70)74-34-22-28-68(60-74)90(66-25-7-2-8-26-66)85-41-19-15-37-79(85)80-38-16-20-42-86(80)90/h1-60H. The molecular formula is C90H60N2. The van der Waals surface area contributed by atoms with Gasteiger partial charge in [0.2, 0.25) is 0 Å². The second-order valence-corrected chi connectivity index (χ2v) is 24.6. The van der Waals surface area contributed by atoms with E-state index in [1.807, 2.05) is 0 Å². The molecule has 0 spiro atoms. The van der Waals surface area contributed by atoms with Gasteiger partial charge in [0.1, 0.15) is 0 Å². The van der Waals surface area contributed by atoms with E-state index in [4.69, 9.17) is 0 Å². The minimum atomic E-state index is -0.512. The molecule has 2 nitrogen and oxygen atoms in total. The zero-order valence-corrected chi connectivity index (χ0v) is 50.5. The Labute approximate surface area is 536 Å². The molecule has 0 atom stereocenters. The molecule has 0 aliphatic heterocycles. The van der Waals surface area contributed by atoms with Gasteiger partial charge < -0.3 is 9.80 Å². The van der Waals surface area contributed by atoms with Gasteiger partial charge in [0.15, 0.2) is 0 Å². The number of fused-ring (bicyclic) bond motifs is 6. The Hall–Kier alpha value is -11.8. The predicted octanol–water partition coefficient (Wildman–Crippen LogP) is 23.6. The quantitative estimate of drug-likeness (QED) is 0.113. The van der Waals surface area contributed by atoms with Crippen LogP contribution in [0.15, 0.2) is 364 Å². The summed E-state index contributed by atoms with van der Waals surface area (Å²) in [6.45, 7) is 0. The maximum Gasteiger partial charge on any atom is 0.0714 e.